The zero-order valence-electron chi connectivity index (χ0n) is 23.1. The van der Waals surface area contributed by atoms with E-state index >= 15 is 0 Å². The lowest BCUT2D eigenvalue weighted by atomic mass is 10.1. The van der Waals surface area contributed by atoms with Crippen molar-refractivity contribution in [1.82, 2.24) is 10.2 Å². The normalized spacial score (nSPS) is 12.7. The lowest BCUT2D eigenvalue weighted by Gasteiger charge is -2.32. The van der Waals surface area contributed by atoms with Gasteiger partial charge in [0.2, 0.25) is 11.8 Å². The first-order chi connectivity index (χ1) is 18.6. The third kappa shape index (κ3) is 7.60. The quantitative estimate of drug-likeness (QED) is 0.357. The van der Waals surface area contributed by atoms with Gasteiger partial charge >= 0.3 is 0 Å². The summed E-state index contributed by atoms with van der Waals surface area (Å²) in [6, 6.07) is 21.2. The number of hydrogen-bond acceptors (Lipinski definition) is 5. The Morgan fingerprint density at radius 2 is 1.62 bits per heavy atom. The van der Waals surface area contributed by atoms with Crippen LogP contribution in [0.15, 0.2) is 83.8 Å². The molecule has 0 unspecified atom stereocenters. The van der Waals surface area contributed by atoms with Crippen molar-refractivity contribution in [1.29, 1.82) is 0 Å². The molecule has 1 N–H and O–H groups in total. The number of hydrogen-bond donors (Lipinski definition) is 1. The summed E-state index contributed by atoms with van der Waals surface area (Å²) in [6.07, 6.45) is 0.735. The van der Waals surface area contributed by atoms with Crippen LogP contribution < -0.4 is 14.4 Å². The van der Waals surface area contributed by atoms with Crippen molar-refractivity contribution in [3.63, 3.8) is 0 Å². The van der Waals surface area contributed by atoms with Crippen LogP contribution in [0.25, 0.3) is 0 Å². The first-order valence-electron chi connectivity index (χ1n) is 12.9. The van der Waals surface area contributed by atoms with E-state index in [4.69, 9.17) is 4.74 Å². The molecule has 3 aromatic rings. The average Bonchev–Trinajstić information content (AvgIpc) is 2.95. The highest BCUT2D eigenvalue weighted by atomic mass is 32.2. The third-order valence-corrected chi connectivity index (χ3v) is 8.38. The van der Waals surface area contributed by atoms with Crippen molar-refractivity contribution in [2.45, 2.75) is 57.6 Å². The van der Waals surface area contributed by atoms with Crippen LogP contribution in [-0.2, 0) is 26.2 Å². The topological polar surface area (TPSA) is 96.0 Å². The molecule has 0 saturated heterocycles. The van der Waals surface area contributed by atoms with Crippen molar-refractivity contribution in [2.75, 3.05) is 18.0 Å². The van der Waals surface area contributed by atoms with E-state index in [2.05, 4.69) is 5.32 Å². The number of rotatable bonds is 12. The van der Waals surface area contributed by atoms with Crippen molar-refractivity contribution >= 4 is 27.5 Å². The summed E-state index contributed by atoms with van der Waals surface area (Å²) in [4.78, 5) is 28.5. The molecule has 8 nitrogen and oxygen atoms in total. The fourth-order valence-electron chi connectivity index (χ4n) is 3.98. The average molecular weight is 552 g/mol. The smallest absolute Gasteiger partial charge is 0.264 e. The molecule has 2 atom stereocenters. The maximum Gasteiger partial charge on any atom is 0.264 e. The van der Waals surface area contributed by atoms with Crippen LogP contribution in [0.1, 0.15) is 38.3 Å². The third-order valence-electron chi connectivity index (χ3n) is 6.59. The molecule has 2 amide bonds. The number of anilines is 1. The summed E-state index contributed by atoms with van der Waals surface area (Å²) in [5, 5.41) is 2.93. The van der Waals surface area contributed by atoms with Crippen molar-refractivity contribution in [2.24, 2.45) is 0 Å². The number of sulfonamides is 1. The van der Waals surface area contributed by atoms with Gasteiger partial charge in [0.25, 0.3) is 10.0 Å². The minimum atomic E-state index is -4.08. The maximum atomic E-state index is 13.9. The minimum absolute atomic E-state index is 0.0697. The van der Waals surface area contributed by atoms with Crippen LogP contribution in [0.3, 0.4) is 0 Å². The zero-order chi connectivity index (χ0) is 28.6. The molecule has 0 bridgehead atoms. The molecule has 0 radical (unpaired) electrons. The van der Waals surface area contributed by atoms with Gasteiger partial charge in [-0.2, -0.15) is 0 Å². The van der Waals surface area contributed by atoms with Crippen LogP contribution in [0.2, 0.25) is 0 Å². The van der Waals surface area contributed by atoms with Gasteiger partial charge in [-0.1, -0.05) is 55.0 Å². The van der Waals surface area contributed by atoms with Gasteiger partial charge in [0.15, 0.2) is 0 Å². The maximum absolute atomic E-state index is 13.9. The Balaban J connectivity index is 2.01. The van der Waals surface area contributed by atoms with Crippen LogP contribution >= 0.6 is 0 Å². The summed E-state index contributed by atoms with van der Waals surface area (Å²) in [7, 11) is -2.53. The minimum Gasteiger partial charge on any atom is -0.497 e. The molecule has 3 aromatic carbocycles. The summed E-state index contributed by atoms with van der Waals surface area (Å²) in [6.45, 7) is 7.02. The van der Waals surface area contributed by atoms with E-state index in [0.29, 0.717) is 11.4 Å². The number of ether oxygens (including phenoxy) is 1. The number of methoxy groups -OCH3 is 1. The summed E-state index contributed by atoms with van der Waals surface area (Å²) in [5.74, 6) is -0.206. The highest BCUT2D eigenvalue weighted by molar-refractivity contribution is 7.92. The second-order valence-electron chi connectivity index (χ2n) is 9.53. The van der Waals surface area contributed by atoms with Crippen molar-refractivity contribution < 1.29 is 22.7 Å². The number of nitrogens with zero attached hydrogens (tertiary/aromatic N) is 2. The highest BCUT2D eigenvalue weighted by Gasteiger charge is 2.32. The molecule has 3 rings (SSSR count). The Morgan fingerprint density at radius 3 is 2.23 bits per heavy atom. The Labute approximate surface area is 231 Å². The SMILES string of the molecule is CC[C@@H](C)NC(=O)[C@@H](C)N(Cc1cccc(OC)c1)C(=O)CN(c1ccc(C)cc1)S(=O)(=O)c1ccccc1. The second kappa shape index (κ2) is 13.3. The molecule has 9 heteroatoms. The number of carbonyl (C=O) groups is 2. The summed E-state index contributed by atoms with van der Waals surface area (Å²) in [5.41, 5.74) is 2.06. The van der Waals surface area contributed by atoms with E-state index < -0.39 is 28.5 Å². The molecule has 39 heavy (non-hydrogen) atoms. The van der Waals surface area contributed by atoms with Crippen LogP contribution in [0, 0.1) is 6.92 Å². The largest absolute Gasteiger partial charge is 0.497 e. The molecule has 0 aliphatic carbocycles. The highest BCUT2D eigenvalue weighted by Crippen LogP contribution is 2.25. The van der Waals surface area contributed by atoms with E-state index in [1.54, 1.807) is 74.7 Å². The number of carbonyl (C=O) groups excluding carboxylic acids is 2. The van der Waals surface area contributed by atoms with E-state index in [1.165, 1.54) is 17.0 Å². The van der Waals surface area contributed by atoms with Gasteiger partial charge in [0.05, 0.1) is 17.7 Å². The van der Waals surface area contributed by atoms with Gasteiger partial charge in [-0.15, -0.1) is 0 Å². The van der Waals surface area contributed by atoms with E-state index in [9.17, 15) is 18.0 Å². The van der Waals surface area contributed by atoms with Crippen LogP contribution in [0.5, 0.6) is 5.75 Å². The van der Waals surface area contributed by atoms with Crippen molar-refractivity contribution in [3.8, 4) is 5.75 Å². The fourth-order valence-corrected chi connectivity index (χ4v) is 5.41. The molecule has 0 aliphatic rings. The van der Waals surface area contributed by atoms with E-state index in [0.717, 1.165) is 21.9 Å². The van der Waals surface area contributed by atoms with E-state index in [1.807, 2.05) is 26.8 Å². The molecular formula is C30H37N3O5S. The molecule has 0 spiro atoms. The first-order valence-corrected chi connectivity index (χ1v) is 14.4. The molecule has 0 aromatic heterocycles. The lowest BCUT2D eigenvalue weighted by molar-refractivity contribution is -0.139. The molecule has 0 fully saturated rings. The fraction of sp³-hybridized carbons (Fsp3) is 0.333. The van der Waals surface area contributed by atoms with E-state index in [-0.39, 0.29) is 23.4 Å². The second-order valence-corrected chi connectivity index (χ2v) is 11.4. The Morgan fingerprint density at radius 1 is 0.949 bits per heavy atom. The molecule has 208 valence electrons. The van der Waals surface area contributed by atoms with Gasteiger partial charge in [-0.25, -0.2) is 8.42 Å². The Kier molecular flexibility index (Phi) is 10.1. The van der Waals surface area contributed by atoms with Gasteiger partial charge in [0.1, 0.15) is 18.3 Å². The Bertz CT molecular complexity index is 1360. The summed E-state index contributed by atoms with van der Waals surface area (Å²) >= 11 is 0. The lowest BCUT2D eigenvalue weighted by Crippen LogP contribution is -2.52. The molecular weight excluding hydrogens is 514 g/mol. The van der Waals surface area contributed by atoms with Gasteiger partial charge in [0, 0.05) is 12.6 Å². The van der Waals surface area contributed by atoms with Gasteiger partial charge < -0.3 is 15.0 Å². The number of benzene rings is 3. The predicted molar refractivity (Wildman–Crippen MR) is 153 cm³/mol. The zero-order valence-corrected chi connectivity index (χ0v) is 23.9. The number of nitrogens with one attached hydrogen (secondary N) is 1. The molecule has 0 aliphatic heterocycles. The van der Waals surface area contributed by atoms with Gasteiger partial charge in [-0.05, 0) is 69.2 Å². The van der Waals surface area contributed by atoms with Crippen molar-refractivity contribution in [3.05, 3.63) is 90.0 Å². The van der Waals surface area contributed by atoms with Gasteiger partial charge in [-0.3, -0.25) is 13.9 Å². The summed E-state index contributed by atoms with van der Waals surface area (Å²) < 4.78 is 34.0. The predicted octanol–water partition coefficient (Wildman–Crippen LogP) is 4.53. The van der Waals surface area contributed by atoms with Crippen LogP contribution in [-0.4, -0.2) is 50.9 Å². The monoisotopic (exact) mass is 551 g/mol. The Hall–Kier alpha value is -3.85. The molecule has 0 heterocycles. The van der Waals surface area contributed by atoms with Crippen LogP contribution in [0.4, 0.5) is 5.69 Å². The number of amides is 2. The standard InChI is InChI=1S/C30H37N3O5S/c1-6-23(3)31-30(35)24(4)32(20-25-11-10-12-27(19-25)38-5)29(34)21-33(26-17-15-22(2)16-18-26)39(36,37)28-13-8-7-9-14-28/h7-19,23-24H,6,20-21H2,1-5H3,(H,31,35)/t23-,24-/m1/s1. The first kappa shape index (κ1) is 29.7. The molecule has 0 saturated carbocycles. The number of aryl methyl sites for hydroxylation is 1.